The van der Waals surface area contributed by atoms with Crippen molar-refractivity contribution in [2.45, 2.75) is 58.2 Å². The molecule has 8 heteroatoms. The van der Waals surface area contributed by atoms with E-state index >= 15 is 0 Å². The minimum atomic E-state index is -0.770. The van der Waals surface area contributed by atoms with Gasteiger partial charge in [-0.25, -0.2) is 0 Å². The van der Waals surface area contributed by atoms with Gasteiger partial charge in [-0.15, -0.1) is 0 Å². The van der Waals surface area contributed by atoms with Gasteiger partial charge in [0.1, 0.15) is 11.8 Å². The second-order valence-electron chi connectivity index (χ2n) is 10.1. The molecule has 202 valence electrons. The van der Waals surface area contributed by atoms with E-state index in [2.05, 4.69) is 5.32 Å². The van der Waals surface area contributed by atoms with Crippen molar-refractivity contribution in [1.82, 2.24) is 10.2 Å². The number of carbonyl (C=O) groups is 2. The molecule has 0 saturated heterocycles. The second-order valence-corrected chi connectivity index (χ2v) is 11.3. The summed E-state index contributed by atoms with van der Waals surface area (Å²) >= 11 is 18.9. The van der Waals surface area contributed by atoms with E-state index < -0.39 is 11.6 Å². The van der Waals surface area contributed by atoms with E-state index in [1.54, 1.807) is 47.4 Å². The molecule has 0 fully saturated rings. The van der Waals surface area contributed by atoms with E-state index in [1.165, 1.54) is 0 Å². The molecule has 0 aromatic heterocycles. The Bertz CT molecular complexity index is 1190. The molecule has 0 spiro atoms. The highest BCUT2D eigenvalue weighted by Gasteiger charge is 2.32. The first kappa shape index (κ1) is 29.8. The van der Waals surface area contributed by atoms with Crippen molar-refractivity contribution < 1.29 is 14.3 Å². The van der Waals surface area contributed by atoms with Crippen molar-refractivity contribution >= 4 is 46.6 Å². The highest BCUT2D eigenvalue weighted by Crippen LogP contribution is 2.28. The van der Waals surface area contributed by atoms with Crippen LogP contribution in [0.2, 0.25) is 15.1 Å². The highest BCUT2D eigenvalue weighted by atomic mass is 35.5. The normalized spacial score (nSPS) is 12.1. The maximum atomic E-state index is 13.7. The van der Waals surface area contributed by atoms with Crippen LogP contribution in [0.25, 0.3) is 0 Å². The molecule has 0 saturated carbocycles. The monoisotopic (exact) mass is 574 g/mol. The third-order valence-electron chi connectivity index (χ3n) is 5.78. The van der Waals surface area contributed by atoms with E-state index in [4.69, 9.17) is 39.5 Å². The predicted octanol–water partition coefficient (Wildman–Crippen LogP) is 7.36. The van der Waals surface area contributed by atoms with Gasteiger partial charge >= 0.3 is 0 Å². The summed E-state index contributed by atoms with van der Waals surface area (Å²) in [7, 11) is 0. The van der Waals surface area contributed by atoms with Crippen molar-refractivity contribution in [1.29, 1.82) is 0 Å². The molecule has 0 aliphatic heterocycles. The SMILES string of the molecule is CC(C)(C)NC(=O)[C@H](Cc1ccccc1)N(Cc1c(Cl)cccc1Cl)C(=O)CCCOc1ccc(Cl)cc1. The van der Waals surface area contributed by atoms with Gasteiger partial charge in [0, 0.05) is 45.6 Å². The van der Waals surface area contributed by atoms with E-state index in [-0.39, 0.29) is 24.8 Å². The van der Waals surface area contributed by atoms with Crippen LogP contribution < -0.4 is 10.1 Å². The number of benzene rings is 3. The smallest absolute Gasteiger partial charge is 0.243 e. The summed E-state index contributed by atoms with van der Waals surface area (Å²) in [6.07, 6.45) is 0.995. The number of nitrogens with one attached hydrogen (secondary N) is 1. The van der Waals surface area contributed by atoms with Gasteiger partial charge in [-0.2, -0.15) is 0 Å². The summed E-state index contributed by atoms with van der Waals surface area (Å²) < 4.78 is 5.77. The van der Waals surface area contributed by atoms with Crippen molar-refractivity contribution in [2.24, 2.45) is 0 Å². The van der Waals surface area contributed by atoms with Gasteiger partial charge in [0.25, 0.3) is 0 Å². The van der Waals surface area contributed by atoms with Gasteiger partial charge in [0.05, 0.1) is 6.61 Å². The zero-order chi connectivity index (χ0) is 27.7. The van der Waals surface area contributed by atoms with E-state index in [1.807, 2.05) is 51.1 Å². The maximum Gasteiger partial charge on any atom is 0.243 e. The molecule has 1 N–H and O–H groups in total. The Balaban J connectivity index is 1.85. The largest absolute Gasteiger partial charge is 0.494 e. The molecule has 0 bridgehead atoms. The van der Waals surface area contributed by atoms with Crippen LogP contribution in [-0.4, -0.2) is 34.9 Å². The molecular formula is C30H33Cl3N2O3. The number of amides is 2. The average molecular weight is 576 g/mol. The molecule has 3 aromatic rings. The Morgan fingerprint density at radius 3 is 2.13 bits per heavy atom. The number of rotatable bonds is 11. The topological polar surface area (TPSA) is 58.6 Å². The zero-order valence-electron chi connectivity index (χ0n) is 21.8. The molecule has 0 radical (unpaired) electrons. The summed E-state index contributed by atoms with van der Waals surface area (Å²) in [4.78, 5) is 28.9. The van der Waals surface area contributed by atoms with Crippen LogP contribution in [0.4, 0.5) is 0 Å². The number of halogens is 3. The zero-order valence-corrected chi connectivity index (χ0v) is 24.1. The molecule has 0 aliphatic rings. The molecule has 2 amide bonds. The Morgan fingerprint density at radius 1 is 0.895 bits per heavy atom. The number of carbonyl (C=O) groups excluding carboxylic acids is 2. The van der Waals surface area contributed by atoms with E-state index in [0.717, 1.165) is 5.56 Å². The van der Waals surface area contributed by atoms with Crippen molar-refractivity contribution in [3.8, 4) is 5.75 Å². The molecular weight excluding hydrogens is 543 g/mol. The molecule has 3 aromatic carbocycles. The minimum Gasteiger partial charge on any atom is -0.494 e. The van der Waals surface area contributed by atoms with E-state index in [9.17, 15) is 9.59 Å². The summed E-state index contributed by atoms with van der Waals surface area (Å²) in [6.45, 7) is 6.18. The number of hydrogen-bond donors (Lipinski definition) is 1. The second kappa shape index (κ2) is 13.9. The summed E-state index contributed by atoms with van der Waals surface area (Å²) in [5.41, 5.74) is 1.06. The summed E-state index contributed by atoms with van der Waals surface area (Å²) in [6, 6.07) is 21.1. The van der Waals surface area contributed by atoms with Crippen LogP contribution in [0, 0.1) is 0 Å². The predicted molar refractivity (Wildman–Crippen MR) is 155 cm³/mol. The van der Waals surface area contributed by atoms with Crippen molar-refractivity contribution in [2.75, 3.05) is 6.61 Å². The first-order valence-electron chi connectivity index (χ1n) is 12.5. The maximum absolute atomic E-state index is 13.7. The molecule has 0 aliphatic carbocycles. The lowest BCUT2D eigenvalue weighted by atomic mass is 10.00. The van der Waals surface area contributed by atoms with Crippen LogP contribution in [0.5, 0.6) is 5.75 Å². The number of hydrogen-bond acceptors (Lipinski definition) is 3. The Hall–Kier alpha value is -2.73. The van der Waals surface area contributed by atoms with Crippen LogP contribution in [0.15, 0.2) is 72.8 Å². The number of nitrogens with zero attached hydrogens (tertiary/aromatic N) is 1. The quantitative estimate of drug-likeness (QED) is 0.243. The fourth-order valence-electron chi connectivity index (χ4n) is 3.95. The average Bonchev–Trinajstić information content (AvgIpc) is 2.86. The summed E-state index contributed by atoms with van der Waals surface area (Å²) in [5.74, 6) is 0.244. The molecule has 1 atom stereocenters. The lowest BCUT2D eigenvalue weighted by molar-refractivity contribution is -0.142. The third kappa shape index (κ3) is 9.23. The Morgan fingerprint density at radius 2 is 1.53 bits per heavy atom. The first-order chi connectivity index (χ1) is 18.0. The minimum absolute atomic E-state index is 0.102. The summed E-state index contributed by atoms with van der Waals surface area (Å²) in [5, 5.41) is 4.55. The van der Waals surface area contributed by atoms with Gasteiger partial charge in [-0.3, -0.25) is 9.59 Å². The Labute approximate surface area is 240 Å². The van der Waals surface area contributed by atoms with Gasteiger partial charge in [0.2, 0.25) is 11.8 Å². The lowest BCUT2D eigenvalue weighted by Gasteiger charge is -2.34. The molecule has 0 unspecified atom stereocenters. The number of ether oxygens (including phenoxy) is 1. The van der Waals surface area contributed by atoms with Crippen LogP contribution >= 0.6 is 34.8 Å². The standard InChI is InChI=1S/C30H33Cl3N2O3/c1-30(2,3)34-29(37)27(19-21-9-5-4-6-10-21)35(20-24-25(32)11-7-12-26(24)33)28(36)13-8-18-38-23-16-14-22(31)15-17-23/h4-7,9-12,14-17,27H,8,13,18-20H2,1-3H3,(H,34,37)/t27-/m0/s1. The van der Waals surface area contributed by atoms with Gasteiger partial charge in [-0.05, 0) is 69.2 Å². The van der Waals surface area contributed by atoms with Crippen molar-refractivity contribution in [3.05, 3.63) is 99.0 Å². The first-order valence-corrected chi connectivity index (χ1v) is 13.6. The van der Waals surface area contributed by atoms with Gasteiger partial charge in [0.15, 0.2) is 0 Å². The van der Waals surface area contributed by atoms with E-state index in [0.29, 0.717) is 45.8 Å². The van der Waals surface area contributed by atoms with Gasteiger partial charge in [-0.1, -0.05) is 71.2 Å². The van der Waals surface area contributed by atoms with Crippen LogP contribution in [0.3, 0.4) is 0 Å². The lowest BCUT2D eigenvalue weighted by Crippen LogP contribution is -2.54. The third-order valence-corrected chi connectivity index (χ3v) is 6.74. The molecule has 38 heavy (non-hydrogen) atoms. The molecule has 0 heterocycles. The Kier molecular flexibility index (Phi) is 10.9. The van der Waals surface area contributed by atoms with Crippen LogP contribution in [0.1, 0.15) is 44.7 Å². The molecule has 3 rings (SSSR count). The highest BCUT2D eigenvalue weighted by molar-refractivity contribution is 6.36. The van der Waals surface area contributed by atoms with Crippen molar-refractivity contribution in [3.63, 3.8) is 0 Å². The fraction of sp³-hybridized carbons (Fsp3) is 0.333. The molecule has 5 nitrogen and oxygen atoms in total. The van der Waals surface area contributed by atoms with Crippen LogP contribution in [-0.2, 0) is 22.6 Å². The fourth-order valence-corrected chi connectivity index (χ4v) is 4.59. The van der Waals surface area contributed by atoms with Gasteiger partial charge < -0.3 is 15.0 Å².